The number of amides is 1. The lowest BCUT2D eigenvalue weighted by Crippen LogP contribution is -2.32. The maximum absolute atomic E-state index is 12.3. The second kappa shape index (κ2) is 11.1. The molecule has 2 fully saturated rings. The van der Waals surface area contributed by atoms with E-state index < -0.39 is 6.10 Å². The predicted octanol–water partition coefficient (Wildman–Crippen LogP) is 2.59. The van der Waals surface area contributed by atoms with Crippen molar-refractivity contribution >= 4 is 11.9 Å². The summed E-state index contributed by atoms with van der Waals surface area (Å²) in [6, 6.07) is 0. The number of unbranched alkanes of at least 4 members (excludes halogenated alkanes) is 4. The fourth-order valence-electron chi connectivity index (χ4n) is 3.33. The molecule has 0 bridgehead atoms. The van der Waals surface area contributed by atoms with Gasteiger partial charge in [0.05, 0.1) is 13.1 Å². The van der Waals surface area contributed by atoms with Crippen LogP contribution >= 0.6 is 0 Å². The van der Waals surface area contributed by atoms with Gasteiger partial charge in [-0.25, -0.2) is 0 Å². The summed E-state index contributed by atoms with van der Waals surface area (Å²) in [6.07, 6.45) is 8.42. The van der Waals surface area contributed by atoms with Crippen molar-refractivity contribution in [3.8, 4) is 11.8 Å². The maximum atomic E-state index is 12.3. The zero-order chi connectivity index (χ0) is 17.9. The Morgan fingerprint density at radius 1 is 1.08 bits per heavy atom. The van der Waals surface area contributed by atoms with Crippen LogP contribution in [0.2, 0.25) is 0 Å². The van der Waals surface area contributed by atoms with Crippen LogP contribution in [0.5, 0.6) is 0 Å². The third-order valence-corrected chi connectivity index (χ3v) is 4.90. The van der Waals surface area contributed by atoms with Gasteiger partial charge in [-0.3, -0.25) is 14.5 Å². The predicted molar refractivity (Wildman–Crippen MR) is 97.9 cm³/mol. The Kier molecular flexibility index (Phi) is 8.82. The van der Waals surface area contributed by atoms with Gasteiger partial charge in [0, 0.05) is 19.4 Å². The van der Waals surface area contributed by atoms with Crippen LogP contribution in [0.15, 0.2) is 0 Å². The summed E-state index contributed by atoms with van der Waals surface area (Å²) in [7, 11) is 0. The number of esters is 1. The van der Waals surface area contributed by atoms with Crippen molar-refractivity contribution in [3.63, 3.8) is 0 Å². The van der Waals surface area contributed by atoms with Crippen LogP contribution in [0.25, 0.3) is 0 Å². The van der Waals surface area contributed by atoms with Crippen LogP contribution in [-0.2, 0) is 14.3 Å². The lowest BCUT2D eigenvalue weighted by molar-refractivity contribution is -0.156. The minimum absolute atomic E-state index is 0.0881. The highest BCUT2D eigenvalue weighted by Crippen LogP contribution is 2.16. The van der Waals surface area contributed by atoms with E-state index in [1.165, 1.54) is 25.7 Å². The first-order valence-corrected chi connectivity index (χ1v) is 9.87. The van der Waals surface area contributed by atoms with Crippen LogP contribution in [0.3, 0.4) is 0 Å². The fourth-order valence-corrected chi connectivity index (χ4v) is 3.33. The first-order chi connectivity index (χ1) is 12.2. The average Bonchev–Trinajstić information content (AvgIpc) is 3.23. The number of likely N-dealkylation sites (tertiary alicyclic amines) is 2. The highest BCUT2D eigenvalue weighted by molar-refractivity contribution is 5.85. The standard InChI is InChI=1S/C20H32N2O3/c1-2-3-4-5-6-11-19(23)25-18-12-17-22(20(18)24)16-10-9-15-21-13-7-8-14-21/h18H,2-8,11-17H2,1H3/t18-/m0/s1. The summed E-state index contributed by atoms with van der Waals surface area (Å²) in [4.78, 5) is 28.2. The molecule has 0 radical (unpaired) electrons. The number of carbonyl (C=O) groups excluding carboxylic acids is 2. The van der Waals surface area contributed by atoms with E-state index >= 15 is 0 Å². The molecular formula is C20H32N2O3. The Morgan fingerprint density at radius 3 is 2.56 bits per heavy atom. The van der Waals surface area contributed by atoms with Crippen LogP contribution in [-0.4, -0.2) is 60.5 Å². The van der Waals surface area contributed by atoms with Crippen molar-refractivity contribution in [1.29, 1.82) is 0 Å². The third kappa shape index (κ3) is 7.07. The Bertz CT molecular complexity index is 489. The van der Waals surface area contributed by atoms with E-state index in [-0.39, 0.29) is 11.9 Å². The molecule has 2 rings (SSSR count). The highest BCUT2D eigenvalue weighted by Gasteiger charge is 2.33. The molecule has 0 aromatic carbocycles. The second-order valence-electron chi connectivity index (χ2n) is 7.03. The molecule has 5 heteroatoms. The lowest BCUT2D eigenvalue weighted by atomic mass is 10.1. The lowest BCUT2D eigenvalue weighted by Gasteiger charge is -2.14. The first-order valence-electron chi connectivity index (χ1n) is 9.87. The zero-order valence-corrected chi connectivity index (χ0v) is 15.6. The smallest absolute Gasteiger partial charge is 0.306 e. The molecule has 2 heterocycles. The van der Waals surface area contributed by atoms with Crippen molar-refractivity contribution in [2.24, 2.45) is 0 Å². The van der Waals surface area contributed by atoms with E-state index in [0.717, 1.165) is 38.9 Å². The van der Waals surface area contributed by atoms with Gasteiger partial charge >= 0.3 is 5.97 Å². The van der Waals surface area contributed by atoms with Crippen molar-refractivity contribution in [3.05, 3.63) is 0 Å². The SMILES string of the molecule is CCCCCCCC(=O)O[C@H]1CCN(CC#CCN2CCCC2)C1=O. The minimum atomic E-state index is -0.594. The summed E-state index contributed by atoms with van der Waals surface area (Å²) in [5, 5.41) is 0. The van der Waals surface area contributed by atoms with E-state index in [2.05, 4.69) is 23.7 Å². The molecule has 1 amide bonds. The summed E-state index contributed by atoms with van der Waals surface area (Å²) >= 11 is 0. The van der Waals surface area contributed by atoms with Gasteiger partial charge < -0.3 is 9.64 Å². The maximum Gasteiger partial charge on any atom is 0.306 e. The molecule has 0 aromatic rings. The number of nitrogens with zero attached hydrogens (tertiary/aromatic N) is 2. The van der Waals surface area contributed by atoms with Gasteiger partial charge in [0.25, 0.3) is 5.91 Å². The third-order valence-electron chi connectivity index (χ3n) is 4.90. The Balaban J connectivity index is 1.61. The Labute approximate surface area is 152 Å². The zero-order valence-electron chi connectivity index (χ0n) is 15.6. The van der Waals surface area contributed by atoms with Gasteiger partial charge in [0.15, 0.2) is 6.10 Å². The van der Waals surface area contributed by atoms with Gasteiger partial charge in [-0.15, -0.1) is 0 Å². The molecule has 2 aliphatic rings. The topological polar surface area (TPSA) is 49.9 Å². The molecule has 0 aliphatic carbocycles. The van der Waals surface area contributed by atoms with Gasteiger partial charge in [-0.1, -0.05) is 44.4 Å². The number of hydrogen-bond acceptors (Lipinski definition) is 4. The summed E-state index contributed by atoms with van der Waals surface area (Å²) in [5.74, 6) is 5.91. The van der Waals surface area contributed by atoms with Crippen LogP contribution < -0.4 is 0 Å². The molecule has 0 unspecified atom stereocenters. The average molecular weight is 348 g/mol. The molecule has 0 N–H and O–H groups in total. The quantitative estimate of drug-likeness (QED) is 0.365. The monoisotopic (exact) mass is 348 g/mol. The van der Waals surface area contributed by atoms with Crippen molar-refractivity contribution in [2.45, 2.75) is 70.8 Å². The van der Waals surface area contributed by atoms with Crippen LogP contribution in [0, 0.1) is 11.8 Å². The van der Waals surface area contributed by atoms with Gasteiger partial charge in [-0.05, 0) is 32.4 Å². The molecule has 140 valence electrons. The molecule has 1 atom stereocenters. The molecule has 0 spiro atoms. The summed E-state index contributed by atoms with van der Waals surface area (Å²) < 4.78 is 5.36. The first kappa shape index (κ1) is 19.8. The van der Waals surface area contributed by atoms with Gasteiger partial charge in [0.2, 0.25) is 0 Å². The largest absolute Gasteiger partial charge is 0.452 e. The van der Waals surface area contributed by atoms with Gasteiger partial charge in [0.1, 0.15) is 0 Å². The van der Waals surface area contributed by atoms with E-state index in [0.29, 0.717) is 25.9 Å². The highest BCUT2D eigenvalue weighted by atomic mass is 16.5. The molecule has 25 heavy (non-hydrogen) atoms. The number of hydrogen-bond donors (Lipinski definition) is 0. The fraction of sp³-hybridized carbons (Fsp3) is 0.800. The normalized spacial score (nSPS) is 20.6. The van der Waals surface area contributed by atoms with Crippen molar-refractivity contribution < 1.29 is 14.3 Å². The number of ether oxygens (including phenoxy) is 1. The van der Waals surface area contributed by atoms with E-state index in [1.54, 1.807) is 4.90 Å². The van der Waals surface area contributed by atoms with Crippen molar-refractivity contribution in [2.75, 3.05) is 32.7 Å². The van der Waals surface area contributed by atoms with Crippen LogP contribution in [0.4, 0.5) is 0 Å². The molecule has 0 saturated carbocycles. The molecule has 2 saturated heterocycles. The van der Waals surface area contributed by atoms with Crippen LogP contribution in [0.1, 0.15) is 64.7 Å². The van der Waals surface area contributed by atoms with E-state index in [4.69, 9.17) is 4.74 Å². The summed E-state index contributed by atoms with van der Waals surface area (Å²) in [5.41, 5.74) is 0. The molecule has 5 nitrogen and oxygen atoms in total. The van der Waals surface area contributed by atoms with Crippen molar-refractivity contribution in [1.82, 2.24) is 9.80 Å². The summed E-state index contributed by atoms with van der Waals surface area (Å²) in [6.45, 7) is 6.30. The van der Waals surface area contributed by atoms with E-state index in [9.17, 15) is 9.59 Å². The molecular weight excluding hydrogens is 316 g/mol. The van der Waals surface area contributed by atoms with Gasteiger partial charge in [-0.2, -0.15) is 0 Å². The second-order valence-corrected chi connectivity index (χ2v) is 7.03. The van der Waals surface area contributed by atoms with E-state index in [1.807, 2.05) is 0 Å². The minimum Gasteiger partial charge on any atom is -0.452 e. The molecule has 0 aromatic heterocycles. The number of rotatable bonds is 9. The Morgan fingerprint density at radius 2 is 1.80 bits per heavy atom. The Hall–Kier alpha value is -1.54. The number of carbonyl (C=O) groups is 2. The molecule has 2 aliphatic heterocycles.